The molecule has 1 aromatic rings. The van der Waals surface area contributed by atoms with E-state index >= 15 is 0 Å². The van der Waals surface area contributed by atoms with Gasteiger partial charge in [0.25, 0.3) is 5.69 Å². The molecule has 2 rings (SSSR count). The highest BCUT2D eigenvalue weighted by Crippen LogP contribution is 2.32. The zero-order chi connectivity index (χ0) is 15.4. The van der Waals surface area contributed by atoms with Crippen LogP contribution in [0.3, 0.4) is 0 Å². The third kappa shape index (κ3) is 3.11. The number of carbonyl (C=O) groups is 1. The predicted molar refractivity (Wildman–Crippen MR) is 74.8 cm³/mol. The molecular weight excluding hydrogens is 274 g/mol. The fourth-order valence-electron chi connectivity index (χ4n) is 2.53. The summed E-state index contributed by atoms with van der Waals surface area (Å²) in [6.07, 6.45) is 1.20. The van der Waals surface area contributed by atoms with Crippen molar-refractivity contribution in [2.24, 2.45) is 5.92 Å². The fraction of sp³-hybridized carbons (Fsp3) is 0.429. The van der Waals surface area contributed by atoms with Crippen LogP contribution >= 0.6 is 0 Å². The van der Waals surface area contributed by atoms with E-state index in [4.69, 9.17) is 10.00 Å². The second-order valence-corrected chi connectivity index (χ2v) is 4.86. The minimum absolute atomic E-state index is 0.0782. The maximum absolute atomic E-state index is 11.5. The summed E-state index contributed by atoms with van der Waals surface area (Å²) in [5.41, 5.74) is 0.669. The number of piperidine rings is 1. The van der Waals surface area contributed by atoms with Gasteiger partial charge in [0.05, 0.1) is 29.6 Å². The number of nitro groups is 1. The average Bonchev–Trinajstić information content (AvgIpc) is 2.53. The Morgan fingerprint density at radius 3 is 2.67 bits per heavy atom. The smallest absolute Gasteiger partial charge is 0.308 e. The van der Waals surface area contributed by atoms with Crippen LogP contribution in [0, 0.1) is 27.4 Å². The van der Waals surface area contributed by atoms with Gasteiger partial charge in [-0.1, -0.05) is 0 Å². The standard InChI is InChI=1S/C14H15N3O4/c1-21-14(18)11-4-6-16(7-5-11)12-3-2-10(9-15)8-13(12)17(19)20/h2-3,8,11H,4-7H2,1H3. The summed E-state index contributed by atoms with van der Waals surface area (Å²) in [5, 5.41) is 20.0. The van der Waals surface area contributed by atoms with Crippen LogP contribution in [0.5, 0.6) is 0 Å². The minimum Gasteiger partial charge on any atom is -0.469 e. The molecule has 0 radical (unpaired) electrons. The van der Waals surface area contributed by atoms with Gasteiger partial charge in [0.1, 0.15) is 5.69 Å². The third-order valence-corrected chi connectivity index (χ3v) is 3.67. The normalized spacial score (nSPS) is 15.3. The van der Waals surface area contributed by atoms with Crippen LogP contribution in [0.4, 0.5) is 11.4 Å². The molecule has 1 fully saturated rings. The van der Waals surface area contributed by atoms with Crippen LogP contribution in [-0.2, 0) is 9.53 Å². The van der Waals surface area contributed by atoms with Crippen molar-refractivity contribution in [3.05, 3.63) is 33.9 Å². The maximum atomic E-state index is 11.5. The van der Waals surface area contributed by atoms with Gasteiger partial charge in [-0.15, -0.1) is 0 Å². The highest BCUT2D eigenvalue weighted by Gasteiger charge is 2.28. The number of nitrogens with zero attached hydrogens (tertiary/aromatic N) is 3. The van der Waals surface area contributed by atoms with E-state index in [2.05, 4.69) is 0 Å². The van der Waals surface area contributed by atoms with Crippen LogP contribution in [0.25, 0.3) is 0 Å². The van der Waals surface area contributed by atoms with Crippen molar-refractivity contribution in [1.29, 1.82) is 5.26 Å². The summed E-state index contributed by atoms with van der Waals surface area (Å²) in [7, 11) is 1.36. The Kier molecular flexibility index (Phi) is 4.38. The molecule has 110 valence electrons. The number of anilines is 1. The maximum Gasteiger partial charge on any atom is 0.308 e. The quantitative estimate of drug-likeness (QED) is 0.478. The zero-order valence-corrected chi connectivity index (χ0v) is 11.6. The molecule has 1 aliphatic heterocycles. The molecule has 1 aromatic carbocycles. The SMILES string of the molecule is COC(=O)C1CCN(c2ccc(C#N)cc2[N+](=O)[O-])CC1. The molecule has 0 spiro atoms. The Labute approximate surface area is 121 Å². The lowest BCUT2D eigenvalue weighted by Crippen LogP contribution is -2.37. The van der Waals surface area contributed by atoms with E-state index < -0.39 is 4.92 Å². The van der Waals surface area contributed by atoms with E-state index in [0.717, 1.165) is 0 Å². The van der Waals surface area contributed by atoms with Gasteiger partial charge in [-0.2, -0.15) is 5.26 Å². The number of benzene rings is 1. The van der Waals surface area contributed by atoms with Gasteiger partial charge in [0.15, 0.2) is 0 Å². The van der Waals surface area contributed by atoms with Crippen LogP contribution in [0.2, 0.25) is 0 Å². The number of esters is 1. The number of hydrogen-bond donors (Lipinski definition) is 0. The number of methoxy groups -OCH3 is 1. The second-order valence-electron chi connectivity index (χ2n) is 4.86. The van der Waals surface area contributed by atoms with Crippen LogP contribution < -0.4 is 4.90 Å². The van der Waals surface area contributed by atoms with Crippen molar-refractivity contribution in [3.8, 4) is 6.07 Å². The number of rotatable bonds is 3. The first-order chi connectivity index (χ1) is 10.1. The average molecular weight is 289 g/mol. The minimum atomic E-state index is -0.484. The van der Waals surface area contributed by atoms with Gasteiger partial charge in [-0.05, 0) is 25.0 Å². The monoisotopic (exact) mass is 289 g/mol. The van der Waals surface area contributed by atoms with E-state index in [-0.39, 0.29) is 23.1 Å². The zero-order valence-electron chi connectivity index (χ0n) is 11.6. The summed E-state index contributed by atoms with van der Waals surface area (Å²) in [6.45, 7) is 1.10. The molecule has 0 unspecified atom stereocenters. The molecule has 0 saturated carbocycles. The van der Waals surface area contributed by atoms with E-state index in [1.54, 1.807) is 12.1 Å². The molecule has 21 heavy (non-hydrogen) atoms. The lowest BCUT2D eigenvalue weighted by molar-refractivity contribution is -0.384. The molecule has 7 nitrogen and oxygen atoms in total. The van der Waals surface area contributed by atoms with Gasteiger partial charge >= 0.3 is 5.97 Å². The molecule has 1 heterocycles. The van der Waals surface area contributed by atoms with Crippen LogP contribution in [0.1, 0.15) is 18.4 Å². The molecule has 7 heteroatoms. The van der Waals surface area contributed by atoms with Crippen LogP contribution in [0.15, 0.2) is 18.2 Å². The van der Waals surface area contributed by atoms with Crippen LogP contribution in [-0.4, -0.2) is 31.1 Å². The topological polar surface area (TPSA) is 96.5 Å². The van der Waals surface area contributed by atoms with Crippen molar-refractivity contribution in [2.45, 2.75) is 12.8 Å². The van der Waals surface area contributed by atoms with Crippen molar-refractivity contribution >= 4 is 17.3 Å². The highest BCUT2D eigenvalue weighted by molar-refractivity contribution is 5.73. The molecule has 0 atom stereocenters. The van der Waals surface area contributed by atoms with Crippen molar-refractivity contribution in [2.75, 3.05) is 25.1 Å². The largest absolute Gasteiger partial charge is 0.469 e. The number of ether oxygens (including phenoxy) is 1. The Bertz CT molecular complexity index is 601. The lowest BCUT2D eigenvalue weighted by atomic mass is 9.96. The van der Waals surface area contributed by atoms with Crippen molar-refractivity contribution in [3.63, 3.8) is 0 Å². The van der Waals surface area contributed by atoms with Crippen molar-refractivity contribution in [1.82, 2.24) is 0 Å². The first kappa shape index (κ1) is 14.8. The van der Waals surface area contributed by atoms with Crippen molar-refractivity contribution < 1.29 is 14.5 Å². The Morgan fingerprint density at radius 2 is 2.14 bits per heavy atom. The molecular formula is C14H15N3O4. The van der Waals surface area contributed by atoms with Gasteiger partial charge in [0, 0.05) is 19.2 Å². The highest BCUT2D eigenvalue weighted by atomic mass is 16.6. The van der Waals surface area contributed by atoms with Gasteiger partial charge in [-0.3, -0.25) is 14.9 Å². The molecule has 0 bridgehead atoms. The summed E-state index contributed by atoms with van der Waals surface area (Å²) in [5.74, 6) is -0.382. The van der Waals surface area contributed by atoms with E-state index in [0.29, 0.717) is 31.6 Å². The molecule has 0 N–H and O–H groups in total. The number of carbonyl (C=O) groups excluding carboxylic acids is 1. The molecule has 0 aliphatic carbocycles. The van der Waals surface area contributed by atoms with E-state index in [9.17, 15) is 14.9 Å². The Morgan fingerprint density at radius 1 is 1.48 bits per heavy atom. The summed E-state index contributed by atoms with van der Waals surface area (Å²) < 4.78 is 4.72. The molecule has 0 aromatic heterocycles. The molecule has 0 amide bonds. The third-order valence-electron chi connectivity index (χ3n) is 3.67. The number of hydrogen-bond acceptors (Lipinski definition) is 6. The Hall–Kier alpha value is -2.62. The van der Waals surface area contributed by atoms with Gasteiger partial charge in [0.2, 0.25) is 0 Å². The van der Waals surface area contributed by atoms with E-state index in [1.165, 1.54) is 13.2 Å². The summed E-state index contributed by atoms with van der Waals surface area (Å²) >= 11 is 0. The predicted octanol–water partition coefficient (Wildman–Crippen LogP) is 1.86. The second kappa shape index (κ2) is 6.22. The van der Waals surface area contributed by atoms with Gasteiger partial charge in [-0.25, -0.2) is 0 Å². The molecule has 1 aliphatic rings. The summed E-state index contributed by atoms with van der Waals surface area (Å²) in [4.78, 5) is 24.0. The number of nitriles is 1. The summed E-state index contributed by atoms with van der Waals surface area (Å²) in [6, 6.07) is 6.33. The number of nitro benzene ring substituents is 1. The fourth-order valence-corrected chi connectivity index (χ4v) is 2.53. The lowest BCUT2D eigenvalue weighted by Gasteiger charge is -2.32. The molecule has 1 saturated heterocycles. The van der Waals surface area contributed by atoms with Gasteiger partial charge < -0.3 is 9.64 Å². The Balaban J connectivity index is 2.19. The first-order valence-corrected chi connectivity index (χ1v) is 6.58. The first-order valence-electron chi connectivity index (χ1n) is 6.58. The van der Waals surface area contributed by atoms with E-state index in [1.807, 2.05) is 11.0 Å².